The van der Waals surface area contributed by atoms with Crippen LogP contribution in [0.2, 0.25) is 0 Å². The van der Waals surface area contributed by atoms with Crippen LogP contribution in [0.15, 0.2) is 24.3 Å². The normalized spacial score (nSPS) is 16.8. The molecule has 0 atom stereocenters. The zero-order valence-corrected chi connectivity index (χ0v) is 16.2. The summed E-state index contributed by atoms with van der Waals surface area (Å²) in [7, 11) is 0. The average Bonchev–Trinajstić information content (AvgIpc) is 2.96. The molecular weight excluding hydrogens is 385 g/mol. The molecule has 3 heterocycles. The molecule has 7 nitrogen and oxygen atoms in total. The van der Waals surface area contributed by atoms with Crippen molar-refractivity contribution in [2.75, 3.05) is 32.7 Å². The molecular formula is C19H23ClFN5O2. The Bertz CT molecular complexity index is 855. The van der Waals surface area contributed by atoms with Crippen LogP contribution in [-0.4, -0.2) is 64.5 Å². The zero-order valence-electron chi connectivity index (χ0n) is 15.4. The number of nitrogens with zero attached hydrogens (tertiary/aromatic N) is 3. The maximum Gasteiger partial charge on any atom is 0.274 e. The van der Waals surface area contributed by atoms with Crippen LogP contribution in [0.5, 0.6) is 0 Å². The molecule has 0 bridgehead atoms. The van der Waals surface area contributed by atoms with E-state index in [9.17, 15) is 14.0 Å². The van der Waals surface area contributed by atoms with Crippen LogP contribution in [0.4, 0.5) is 4.39 Å². The standard InChI is InChI=1S/C19H22FN5O2.ClH/c20-14-4-2-13(3-5-14)18(26)24-8-1-9-25(11-10-24)19(27)17-15-12-21-7-6-16(15)22-23-17;/h2-5,21H,1,6-12H2,(H,22,23);1H. The molecule has 0 aliphatic carbocycles. The molecule has 2 N–H and O–H groups in total. The highest BCUT2D eigenvalue weighted by atomic mass is 35.5. The topological polar surface area (TPSA) is 81.3 Å². The molecule has 2 aliphatic rings. The van der Waals surface area contributed by atoms with Gasteiger partial charge >= 0.3 is 0 Å². The summed E-state index contributed by atoms with van der Waals surface area (Å²) >= 11 is 0. The third-order valence-electron chi connectivity index (χ3n) is 5.17. The Morgan fingerprint density at radius 2 is 1.68 bits per heavy atom. The van der Waals surface area contributed by atoms with Crippen molar-refractivity contribution in [3.8, 4) is 0 Å². The van der Waals surface area contributed by atoms with Crippen molar-refractivity contribution in [2.24, 2.45) is 0 Å². The lowest BCUT2D eigenvalue weighted by Gasteiger charge is -2.22. The van der Waals surface area contributed by atoms with Crippen LogP contribution in [0.3, 0.4) is 0 Å². The fourth-order valence-electron chi connectivity index (χ4n) is 3.65. The quantitative estimate of drug-likeness (QED) is 0.792. The fourth-order valence-corrected chi connectivity index (χ4v) is 3.65. The Labute approximate surface area is 168 Å². The van der Waals surface area contributed by atoms with E-state index in [0.29, 0.717) is 50.4 Å². The minimum atomic E-state index is -0.365. The predicted octanol–water partition coefficient (Wildman–Crippen LogP) is 1.60. The molecule has 1 aromatic heterocycles. The van der Waals surface area contributed by atoms with Crippen molar-refractivity contribution in [2.45, 2.75) is 19.4 Å². The maximum absolute atomic E-state index is 13.1. The van der Waals surface area contributed by atoms with E-state index < -0.39 is 0 Å². The second-order valence-corrected chi connectivity index (χ2v) is 6.90. The molecule has 2 amide bonds. The van der Waals surface area contributed by atoms with E-state index in [1.807, 2.05) is 0 Å². The van der Waals surface area contributed by atoms with Gasteiger partial charge in [-0.25, -0.2) is 4.39 Å². The largest absolute Gasteiger partial charge is 0.337 e. The maximum atomic E-state index is 13.1. The van der Waals surface area contributed by atoms with Crippen molar-refractivity contribution in [3.63, 3.8) is 0 Å². The van der Waals surface area contributed by atoms with Crippen molar-refractivity contribution in [3.05, 3.63) is 52.6 Å². The number of halogens is 2. The van der Waals surface area contributed by atoms with Crippen LogP contribution in [-0.2, 0) is 13.0 Å². The lowest BCUT2D eigenvalue weighted by molar-refractivity contribution is 0.0715. The van der Waals surface area contributed by atoms with Crippen LogP contribution in [0, 0.1) is 5.82 Å². The number of carbonyl (C=O) groups excluding carboxylic acids is 2. The summed E-state index contributed by atoms with van der Waals surface area (Å²) in [6, 6.07) is 5.56. The summed E-state index contributed by atoms with van der Waals surface area (Å²) in [6.07, 6.45) is 1.54. The third kappa shape index (κ3) is 4.02. The second-order valence-electron chi connectivity index (χ2n) is 6.90. The first-order chi connectivity index (χ1) is 13.1. The molecule has 0 saturated carbocycles. The number of hydrogen-bond donors (Lipinski definition) is 2. The molecule has 0 spiro atoms. The minimum absolute atomic E-state index is 0. The van der Waals surface area contributed by atoms with E-state index in [2.05, 4.69) is 15.5 Å². The van der Waals surface area contributed by atoms with E-state index in [1.54, 1.807) is 9.80 Å². The van der Waals surface area contributed by atoms with Gasteiger partial charge in [-0.05, 0) is 30.7 Å². The number of nitrogens with one attached hydrogen (secondary N) is 2. The number of H-pyrrole nitrogens is 1. The Balaban J connectivity index is 0.00000225. The van der Waals surface area contributed by atoms with Gasteiger partial charge in [-0.2, -0.15) is 5.10 Å². The summed E-state index contributed by atoms with van der Waals surface area (Å²) in [5.74, 6) is -0.589. The highest BCUT2D eigenvalue weighted by molar-refractivity contribution is 5.95. The van der Waals surface area contributed by atoms with Gasteiger partial charge in [0, 0.05) is 62.5 Å². The minimum Gasteiger partial charge on any atom is -0.337 e. The zero-order chi connectivity index (χ0) is 18.8. The van der Waals surface area contributed by atoms with Gasteiger partial charge in [-0.15, -0.1) is 12.4 Å². The molecule has 2 aliphatic heterocycles. The van der Waals surface area contributed by atoms with Gasteiger partial charge in [0.15, 0.2) is 5.69 Å². The van der Waals surface area contributed by atoms with Crippen molar-refractivity contribution >= 4 is 24.2 Å². The lowest BCUT2D eigenvalue weighted by atomic mass is 10.1. The van der Waals surface area contributed by atoms with E-state index in [0.717, 1.165) is 24.2 Å². The third-order valence-corrected chi connectivity index (χ3v) is 5.17. The molecule has 1 saturated heterocycles. The number of rotatable bonds is 2. The number of hydrogen-bond acceptors (Lipinski definition) is 4. The first-order valence-corrected chi connectivity index (χ1v) is 9.24. The van der Waals surface area contributed by atoms with Gasteiger partial charge < -0.3 is 15.1 Å². The van der Waals surface area contributed by atoms with Gasteiger partial charge in [-0.3, -0.25) is 14.7 Å². The molecule has 150 valence electrons. The smallest absolute Gasteiger partial charge is 0.274 e. The van der Waals surface area contributed by atoms with Gasteiger partial charge in [0.25, 0.3) is 11.8 Å². The van der Waals surface area contributed by atoms with Crippen molar-refractivity contribution < 1.29 is 14.0 Å². The summed E-state index contributed by atoms with van der Waals surface area (Å²) in [6.45, 7) is 3.60. The van der Waals surface area contributed by atoms with Crippen LogP contribution < -0.4 is 5.32 Å². The Hall–Kier alpha value is -2.45. The number of amides is 2. The summed E-state index contributed by atoms with van der Waals surface area (Å²) in [5.41, 5.74) is 2.92. The summed E-state index contributed by atoms with van der Waals surface area (Å²) in [4.78, 5) is 29.1. The predicted molar refractivity (Wildman–Crippen MR) is 104 cm³/mol. The molecule has 4 rings (SSSR count). The van der Waals surface area contributed by atoms with E-state index in [-0.39, 0.29) is 30.0 Å². The monoisotopic (exact) mass is 407 g/mol. The molecule has 0 radical (unpaired) electrons. The Kier molecular flexibility index (Phi) is 6.31. The van der Waals surface area contributed by atoms with Crippen molar-refractivity contribution in [1.82, 2.24) is 25.3 Å². The van der Waals surface area contributed by atoms with Gasteiger partial charge in [0.05, 0.1) is 0 Å². The first kappa shape index (κ1) is 20.3. The Morgan fingerprint density at radius 3 is 2.39 bits per heavy atom. The van der Waals surface area contributed by atoms with E-state index in [4.69, 9.17) is 0 Å². The highest BCUT2D eigenvalue weighted by Gasteiger charge is 2.28. The summed E-state index contributed by atoms with van der Waals surface area (Å²) < 4.78 is 13.1. The van der Waals surface area contributed by atoms with Crippen LogP contribution >= 0.6 is 12.4 Å². The van der Waals surface area contributed by atoms with Gasteiger partial charge in [-0.1, -0.05) is 0 Å². The lowest BCUT2D eigenvalue weighted by Crippen LogP contribution is -2.38. The SMILES string of the molecule is Cl.O=C(c1ccc(F)cc1)N1CCCN(C(=O)c2n[nH]c3c2CNCC3)CC1. The van der Waals surface area contributed by atoms with Gasteiger partial charge in [0.2, 0.25) is 0 Å². The number of aromatic nitrogens is 2. The van der Waals surface area contributed by atoms with Gasteiger partial charge in [0.1, 0.15) is 5.82 Å². The first-order valence-electron chi connectivity index (χ1n) is 9.24. The van der Waals surface area contributed by atoms with Crippen LogP contribution in [0.25, 0.3) is 0 Å². The number of aromatic amines is 1. The fraction of sp³-hybridized carbons (Fsp3) is 0.421. The molecule has 28 heavy (non-hydrogen) atoms. The molecule has 1 aromatic carbocycles. The van der Waals surface area contributed by atoms with E-state index >= 15 is 0 Å². The molecule has 1 fully saturated rings. The molecule has 9 heteroatoms. The molecule has 0 unspecified atom stereocenters. The number of benzene rings is 1. The Morgan fingerprint density at radius 1 is 1.00 bits per heavy atom. The molecule has 2 aromatic rings. The van der Waals surface area contributed by atoms with Crippen molar-refractivity contribution in [1.29, 1.82) is 0 Å². The van der Waals surface area contributed by atoms with Crippen LogP contribution in [0.1, 0.15) is 38.5 Å². The summed E-state index contributed by atoms with van der Waals surface area (Å²) in [5, 5.41) is 10.5. The van der Waals surface area contributed by atoms with E-state index in [1.165, 1.54) is 24.3 Å². The average molecular weight is 408 g/mol. The second kappa shape index (κ2) is 8.70. The number of carbonyl (C=O) groups is 2. The number of fused-ring (bicyclic) bond motifs is 1. The highest BCUT2D eigenvalue weighted by Crippen LogP contribution is 2.18.